The van der Waals surface area contributed by atoms with Crippen molar-refractivity contribution in [1.82, 2.24) is 14.5 Å². The Kier molecular flexibility index (Phi) is 6.56. The summed E-state index contributed by atoms with van der Waals surface area (Å²) in [7, 11) is 1.68. The molecule has 36 heavy (non-hydrogen) atoms. The molecule has 1 fully saturated rings. The second kappa shape index (κ2) is 9.80. The highest BCUT2D eigenvalue weighted by atomic mass is 19.1. The molecule has 2 aliphatic rings. The first kappa shape index (κ1) is 24.1. The Labute approximate surface area is 212 Å². The number of aromatic nitrogens is 2. The molecule has 188 valence electrons. The number of aryl methyl sites for hydroxylation is 2. The van der Waals surface area contributed by atoms with Gasteiger partial charge in [-0.15, -0.1) is 0 Å². The normalized spacial score (nSPS) is 20.8. The van der Waals surface area contributed by atoms with Crippen molar-refractivity contribution in [3.05, 3.63) is 82.7 Å². The van der Waals surface area contributed by atoms with Gasteiger partial charge in [0.15, 0.2) is 11.9 Å². The summed E-state index contributed by atoms with van der Waals surface area (Å²) in [5, 5.41) is 4.60. The van der Waals surface area contributed by atoms with Gasteiger partial charge in [0, 0.05) is 18.3 Å². The third-order valence-electron chi connectivity index (χ3n) is 6.94. The van der Waals surface area contributed by atoms with E-state index in [1.54, 1.807) is 25.6 Å². The SMILES string of the molecule is COc1cc(/C=C2\CCCN3C2=NOC(c2cc(C)cc(F)c2)[C@@H]3C(C)C)ccc1-n1cnc(C)c1. The van der Waals surface area contributed by atoms with Crippen molar-refractivity contribution in [2.45, 2.75) is 52.7 Å². The van der Waals surface area contributed by atoms with Crippen LogP contribution < -0.4 is 4.74 Å². The van der Waals surface area contributed by atoms with E-state index in [-0.39, 0.29) is 18.0 Å². The van der Waals surface area contributed by atoms with Crippen LogP contribution in [-0.4, -0.2) is 40.0 Å². The molecule has 0 N–H and O–H groups in total. The van der Waals surface area contributed by atoms with Crippen LogP contribution >= 0.6 is 0 Å². The lowest BCUT2D eigenvalue weighted by atomic mass is 9.88. The summed E-state index contributed by atoms with van der Waals surface area (Å²) in [6.45, 7) is 9.15. The maximum absolute atomic E-state index is 14.2. The molecule has 3 aromatic rings. The Morgan fingerprint density at radius 2 is 2.00 bits per heavy atom. The number of imidazole rings is 1. The van der Waals surface area contributed by atoms with Crippen LogP contribution in [0.2, 0.25) is 0 Å². The Hall–Kier alpha value is -3.61. The molecular formula is C29H33FN4O2. The van der Waals surface area contributed by atoms with Gasteiger partial charge in [-0.05, 0) is 79.6 Å². The molecule has 2 atom stereocenters. The highest BCUT2D eigenvalue weighted by Gasteiger charge is 2.41. The molecule has 7 heteroatoms. The molecule has 0 saturated carbocycles. The fourth-order valence-electron chi connectivity index (χ4n) is 5.36. The van der Waals surface area contributed by atoms with Gasteiger partial charge in [0.25, 0.3) is 0 Å². The number of halogens is 1. The topological polar surface area (TPSA) is 51.9 Å². The summed E-state index contributed by atoms with van der Waals surface area (Å²) >= 11 is 0. The summed E-state index contributed by atoms with van der Waals surface area (Å²) in [6.07, 6.45) is 7.56. The number of piperidine rings is 1. The number of fused-ring (bicyclic) bond motifs is 1. The smallest absolute Gasteiger partial charge is 0.173 e. The monoisotopic (exact) mass is 488 g/mol. The molecule has 1 saturated heterocycles. The van der Waals surface area contributed by atoms with E-state index >= 15 is 0 Å². The minimum Gasteiger partial charge on any atom is -0.495 e. The number of ether oxygens (including phenoxy) is 1. The highest BCUT2D eigenvalue weighted by Crippen LogP contribution is 2.38. The molecule has 0 radical (unpaired) electrons. The van der Waals surface area contributed by atoms with Crippen molar-refractivity contribution >= 4 is 11.9 Å². The van der Waals surface area contributed by atoms with E-state index < -0.39 is 0 Å². The van der Waals surface area contributed by atoms with Crippen LogP contribution in [0.15, 0.2) is 59.7 Å². The van der Waals surface area contributed by atoms with Crippen LogP contribution in [0, 0.1) is 25.6 Å². The van der Waals surface area contributed by atoms with Gasteiger partial charge in [-0.1, -0.05) is 31.1 Å². The fourth-order valence-corrected chi connectivity index (χ4v) is 5.36. The number of methoxy groups -OCH3 is 1. The third-order valence-corrected chi connectivity index (χ3v) is 6.94. The number of oxime groups is 1. The van der Waals surface area contributed by atoms with Crippen LogP contribution in [0.4, 0.5) is 4.39 Å². The number of hydrogen-bond donors (Lipinski definition) is 0. The quantitative estimate of drug-likeness (QED) is 0.428. The summed E-state index contributed by atoms with van der Waals surface area (Å²) < 4.78 is 21.9. The van der Waals surface area contributed by atoms with E-state index in [4.69, 9.17) is 9.57 Å². The number of nitrogens with zero attached hydrogens (tertiary/aromatic N) is 4. The molecule has 6 nitrogen and oxygen atoms in total. The molecule has 0 spiro atoms. The average Bonchev–Trinajstić information content (AvgIpc) is 3.28. The van der Waals surface area contributed by atoms with E-state index in [0.29, 0.717) is 5.92 Å². The van der Waals surface area contributed by atoms with Gasteiger partial charge in [-0.3, -0.25) is 0 Å². The molecule has 0 bridgehead atoms. The summed E-state index contributed by atoms with van der Waals surface area (Å²) in [6, 6.07) is 11.3. The predicted octanol–water partition coefficient (Wildman–Crippen LogP) is 6.23. The molecule has 1 unspecified atom stereocenters. The van der Waals surface area contributed by atoms with Gasteiger partial charge in [0.2, 0.25) is 0 Å². The lowest BCUT2D eigenvalue weighted by Crippen LogP contribution is -2.52. The molecule has 1 aromatic heterocycles. The Morgan fingerprint density at radius 1 is 1.17 bits per heavy atom. The molecule has 2 aliphatic heterocycles. The van der Waals surface area contributed by atoms with E-state index in [9.17, 15) is 4.39 Å². The summed E-state index contributed by atoms with van der Waals surface area (Å²) in [5.74, 6) is 1.70. The zero-order valence-corrected chi connectivity index (χ0v) is 21.5. The third kappa shape index (κ3) is 4.62. The van der Waals surface area contributed by atoms with Crippen molar-refractivity contribution in [1.29, 1.82) is 0 Å². The van der Waals surface area contributed by atoms with Gasteiger partial charge in [0.1, 0.15) is 11.6 Å². The Bertz CT molecular complexity index is 1310. The van der Waals surface area contributed by atoms with Crippen molar-refractivity contribution in [3.8, 4) is 11.4 Å². The molecular weight excluding hydrogens is 455 g/mol. The van der Waals surface area contributed by atoms with Crippen LogP contribution in [0.1, 0.15) is 55.2 Å². The minimum absolute atomic E-state index is 0.0591. The minimum atomic E-state index is -0.319. The predicted molar refractivity (Wildman–Crippen MR) is 140 cm³/mol. The van der Waals surface area contributed by atoms with Crippen LogP contribution in [0.5, 0.6) is 5.75 Å². The van der Waals surface area contributed by atoms with Crippen molar-refractivity contribution in [2.24, 2.45) is 11.1 Å². The zero-order chi connectivity index (χ0) is 25.4. The van der Waals surface area contributed by atoms with E-state index in [0.717, 1.165) is 64.6 Å². The number of rotatable bonds is 5. The lowest BCUT2D eigenvalue weighted by Gasteiger charge is -2.45. The maximum atomic E-state index is 14.2. The summed E-state index contributed by atoms with van der Waals surface area (Å²) in [5.41, 5.74) is 5.78. The van der Waals surface area contributed by atoms with Crippen LogP contribution in [-0.2, 0) is 4.84 Å². The van der Waals surface area contributed by atoms with Crippen LogP contribution in [0.25, 0.3) is 11.8 Å². The molecule has 0 aliphatic carbocycles. The first-order chi connectivity index (χ1) is 17.3. The Morgan fingerprint density at radius 3 is 2.69 bits per heavy atom. The summed E-state index contributed by atoms with van der Waals surface area (Å²) in [4.78, 5) is 12.8. The van der Waals surface area contributed by atoms with Crippen LogP contribution in [0.3, 0.4) is 0 Å². The van der Waals surface area contributed by atoms with E-state index in [1.165, 1.54) is 0 Å². The van der Waals surface area contributed by atoms with Gasteiger partial charge in [-0.25, -0.2) is 9.37 Å². The first-order valence-corrected chi connectivity index (χ1v) is 12.5. The molecule has 2 aromatic carbocycles. The number of benzene rings is 2. The number of hydrogen-bond acceptors (Lipinski definition) is 5. The first-order valence-electron chi connectivity index (χ1n) is 12.5. The van der Waals surface area contributed by atoms with Gasteiger partial charge in [0.05, 0.1) is 30.9 Å². The molecule has 0 amide bonds. The second-order valence-electron chi connectivity index (χ2n) is 10.1. The number of amidine groups is 1. The maximum Gasteiger partial charge on any atom is 0.173 e. The lowest BCUT2D eigenvalue weighted by molar-refractivity contribution is -0.0372. The van der Waals surface area contributed by atoms with E-state index in [2.05, 4.69) is 41.0 Å². The Balaban J connectivity index is 1.49. The van der Waals surface area contributed by atoms with Crippen molar-refractivity contribution in [2.75, 3.05) is 13.7 Å². The van der Waals surface area contributed by atoms with Gasteiger partial charge >= 0.3 is 0 Å². The van der Waals surface area contributed by atoms with Crippen molar-refractivity contribution in [3.63, 3.8) is 0 Å². The standard InChI is InChI=1S/C29H33FN4O2/c1-18(2)27-28(23-11-19(3)12-24(30)15-23)36-32-29-22(7-6-10-34(27)29)13-21-8-9-25(26(14-21)35-5)33-16-20(4)31-17-33/h8-9,11-18,27-28H,6-7,10H2,1-5H3/b22-13+/t27-,28?/m0/s1. The fraction of sp³-hybridized carbons (Fsp3) is 0.379. The zero-order valence-electron chi connectivity index (χ0n) is 21.5. The largest absolute Gasteiger partial charge is 0.495 e. The molecule has 3 heterocycles. The highest BCUT2D eigenvalue weighted by molar-refractivity contribution is 6.03. The average molecular weight is 489 g/mol. The second-order valence-corrected chi connectivity index (χ2v) is 10.1. The molecule has 5 rings (SSSR count). The van der Waals surface area contributed by atoms with Gasteiger partial charge in [-0.2, -0.15) is 0 Å². The van der Waals surface area contributed by atoms with E-state index in [1.807, 2.05) is 42.8 Å². The van der Waals surface area contributed by atoms with Gasteiger partial charge < -0.3 is 19.0 Å². The van der Waals surface area contributed by atoms with Crippen molar-refractivity contribution < 1.29 is 14.0 Å².